The molecule has 1 aromatic heterocycles. The largest absolute Gasteiger partial charge is 0.494 e. The van der Waals surface area contributed by atoms with Crippen molar-refractivity contribution in [2.24, 2.45) is 0 Å². The first kappa shape index (κ1) is 15.0. The number of pyridine rings is 1. The molecule has 0 bridgehead atoms. The van der Waals surface area contributed by atoms with Crippen LogP contribution in [-0.4, -0.2) is 36.1 Å². The van der Waals surface area contributed by atoms with E-state index in [1.165, 1.54) is 32.4 Å². The minimum Gasteiger partial charge on any atom is -0.494 e. The highest BCUT2D eigenvalue weighted by Gasteiger charge is 2.09. The van der Waals surface area contributed by atoms with Crippen LogP contribution in [0.1, 0.15) is 25.7 Å². The summed E-state index contributed by atoms with van der Waals surface area (Å²) in [7, 11) is 0. The zero-order valence-electron chi connectivity index (χ0n) is 13.1. The normalized spacial score (nSPS) is 15.6. The van der Waals surface area contributed by atoms with Gasteiger partial charge in [0.05, 0.1) is 12.3 Å². The summed E-state index contributed by atoms with van der Waals surface area (Å²) in [5, 5.41) is 0. The Morgan fingerprint density at radius 3 is 2.50 bits per heavy atom. The van der Waals surface area contributed by atoms with Crippen LogP contribution in [0.2, 0.25) is 0 Å². The molecule has 0 spiro atoms. The van der Waals surface area contributed by atoms with Gasteiger partial charge in [0.1, 0.15) is 5.75 Å². The van der Waals surface area contributed by atoms with Crippen LogP contribution in [0.5, 0.6) is 5.75 Å². The van der Waals surface area contributed by atoms with Crippen molar-refractivity contribution in [1.29, 1.82) is 0 Å². The van der Waals surface area contributed by atoms with Crippen molar-refractivity contribution in [2.45, 2.75) is 25.7 Å². The van der Waals surface area contributed by atoms with Gasteiger partial charge >= 0.3 is 0 Å². The lowest BCUT2D eigenvalue weighted by Crippen LogP contribution is -2.31. The van der Waals surface area contributed by atoms with E-state index in [0.29, 0.717) is 0 Å². The zero-order chi connectivity index (χ0) is 15.0. The summed E-state index contributed by atoms with van der Waals surface area (Å²) in [5.41, 5.74) is 2.13. The van der Waals surface area contributed by atoms with Gasteiger partial charge in [-0.3, -0.25) is 4.98 Å². The predicted molar refractivity (Wildman–Crippen MR) is 90.1 cm³/mol. The van der Waals surface area contributed by atoms with Crippen molar-refractivity contribution < 1.29 is 4.74 Å². The third-order valence-corrected chi connectivity index (χ3v) is 4.15. The number of piperidine rings is 1. The number of ether oxygens (including phenoxy) is 1. The summed E-state index contributed by atoms with van der Waals surface area (Å²) in [6, 6.07) is 14.2. The van der Waals surface area contributed by atoms with E-state index < -0.39 is 0 Å². The highest BCUT2D eigenvalue weighted by molar-refractivity contribution is 5.59. The lowest BCUT2D eigenvalue weighted by atomic mass is 10.1. The van der Waals surface area contributed by atoms with Crippen LogP contribution in [0, 0.1) is 0 Å². The van der Waals surface area contributed by atoms with Gasteiger partial charge in [0.25, 0.3) is 0 Å². The van der Waals surface area contributed by atoms with Crippen LogP contribution in [0.25, 0.3) is 11.3 Å². The average molecular weight is 296 g/mol. The van der Waals surface area contributed by atoms with Gasteiger partial charge in [-0.15, -0.1) is 0 Å². The Balaban J connectivity index is 1.43. The fourth-order valence-corrected chi connectivity index (χ4v) is 2.92. The lowest BCUT2D eigenvalue weighted by molar-refractivity contribution is 0.205. The third kappa shape index (κ3) is 4.31. The molecule has 0 atom stereocenters. The van der Waals surface area contributed by atoms with Gasteiger partial charge in [-0.1, -0.05) is 12.5 Å². The van der Waals surface area contributed by atoms with Gasteiger partial charge in [0.2, 0.25) is 0 Å². The van der Waals surface area contributed by atoms with Crippen molar-refractivity contribution >= 4 is 0 Å². The molecule has 1 aromatic carbocycles. The van der Waals surface area contributed by atoms with Crippen molar-refractivity contribution in [3.8, 4) is 17.0 Å². The Hall–Kier alpha value is -1.87. The van der Waals surface area contributed by atoms with E-state index in [1.54, 1.807) is 0 Å². The van der Waals surface area contributed by atoms with E-state index in [-0.39, 0.29) is 0 Å². The molecular weight excluding hydrogens is 272 g/mol. The molecule has 1 aliphatic rings. The van der Waals surface area contributed by atoms with Crippen LogP contribution in [-0.2, 0) is 0 Å². The number of likely N-dealkylation sites (tertiary alicyclic amines) is 1. The SMILES string of the molecule is c1ccc(-c2ccc(OCCCN3CCCCC3)cc2)nc1. The predicted octanol–water partition coefficient (Wildman–Crippen LogP) is 4.00. The van der Waals surface area contributed by atoms with E-state index in [1.807, 2.05) is 36.5 Å². The molecule has 2 heterocycles. The molecule has 1 aliphatic heterocycles. The Kier molecular flexibility index (Phi) is 5.43. The molecular formula is C19H24N2O. The van der Waals surface area contributed by atoms with Gasteiger partial charge in [-0.25, -0.2) is 0 Å². The van der Waals surface area contributed by atoms with Crippen LogP contribution >= 0.6 is 0 Å². The number of hydrogen-bond donors (Lipinski definition) is 0. The first-order valence-electron chi connectivity index (χ1n) is 8.28. The van der Waals surface area contributed by atoms with Crippen molar-refractivity contribution in [1.82, 2.24) is 9.88 Å². The maximum absolute atomic E-state index is 5.84. The standard InChI is InChI=1S/C19H24N2O/c1-4-13-21(14-5-1)15-6-16-22-18-10-8-17(9-11-18)19-7-2-3-12-20-19/h2-3,7-12H,1,4-6,13-16H2. The molecule has 1 fully saturated rings. The smallest absolute Gasteiger partial charge is 0.119 e. The van der Waals surface area contributed by atoms with Crippen LogP contribution in [0.4, 0.5) is 0 Å². The molecule has 1 saturated heterocycles. The molecule has 0 unspecified atom stereocenters. The minimum absolute atomic E-state index is 0.791. The molecule has 2 aromatic rings. The molecule has 3 heteroatoms. The molecule has 0 saturated carbocycles. The van der Waals surface area contributed by atoms with Crippen molar-refractivity contribution in [3.63, 3.8) is 0 Å². The average Bonchev–Trinajstić information content (AvgIpc) is 2.61. The van der Waals surface area contributed by atoms with Crippen LogP contribution in [0.15, 0.2) is 48.7 Å². The lowest BCUT2D eigenvalue weighted by Gasteiger charge is -2.26. The molecule has 0 N–H and O–H groups in total. The second-order valence-corrected chi connectivity index (χ2v) is 5.84. The molecule has 116 valence electrons. The summed E-state index contributed by atoms with van der Waals surface area (Å²) in [5.74, 6) is 0.943. The number of rotatable bonds is 6. The fraction of sp³-hybridized carbons (Fsp3) is 0.421. The van der Waals surface area contributed by atoms with E-state index in [2.05, 4.69) is 22.0 Å². The van der Waals surface area contributed by atoms with Gasteiger partial charge < -0.3 is 9.64 Å². The van der Waals surface area contributed by atoms with E-state index in [0.717, 1.165) is 36.6 Å². The summed E-state index contributed by atoms with van der Waals surface area (Å²) < 4.78 is 5.84. The van der Waals surface area contributed by atoms with Gasteiger partial charge in [-0.2, -0.15) is 0 Å². The number of aromatic nitrogens is 1. The van der Waals surface area contributed by atoms with E-state index in [4.69, 9.17) is 4.74 Å². The first-order valence-corrected chi connectivity index (χ1v) is 8.28. The summed E-state index contributed by atoms with van der Waals surface area (Å²) in [6.07, 6.45) is 7.03. The van der Waals surface area contributed by atoms with Crippen LogP contribution < -0.4 is 4.74 Å². The summed E-state index contributed by atoms with van der Waals surface area (Å²) in [6.45, 7) is 4.48. The second kappa shape index (κ2) is 7.95. The van der Waals surface area contributed by atoms with E-state index in [9.17, 15) is 0 Å². The van der Waals surface area contributed by atoms with Crippen molar-refractivity contribution in [2.75, 3.05) is 26.2 Å². The highest BCUT2D eigenvalue weighted by Crippen LogP contribution is 2.20. The molecule has 22 heavy (non-hydrogen) atoms. The summed E-state index contributed by atoms with van der Waals surface area (Å²) >= 11 is 0. The molecule has 0 radical (unpaired) electrons. The number of hydrogen-bond acceptors (Lipinski definition) is 3. The Morgan fingerprint density at radius 1 is 0.955 bits per heavy atom. The second-order valence-electron chi connectivity index (χ2n) is 5.84. The highest BCUT2D eigenvalue weighted by atomic mass is 16.5. The Labute approximate surface area is 132 Å². The zero-order valence-corrected chi connectivity index (χ0v) is 13.1. The molecule has 0 amide bonds. The third-order valence-electron chi connectivity index (χ3n) is 4.15. The van der Waals surface area contributed by atoms with Crippen LogP contribution in [0.3, 0.4) is 0 Å². The molecule has 3 nitrogen and oxygen atoms in total. The summed E-state index contributed by atoms with van der Waals surface area (Å²) in [4.78, 5) is 6.91. The molecule has 0 aliphatic carbocycles. The fourth-order valence-electron chi connectivity index (χ4n) is 2.92. The maximum Gasteiger partial charge on any atom is 0.119 e. The monoisotopic (exact) mass is 296 g/mol. The van der Waals surface area contributed by atoms with Gasteiger partial charge in [-0.05, 0) is 68.8 Å². The Bertz CT molecular complexity index is 547. The quantitative estimate of drug-likeness (QED) is 0.753. The minimum atomic E-state index is 0.791. The first-order chi connectivity index (χ1) is 10.9. The number of benzene rings is 1. The number of nitrogens with zero attached hydrogens (tertiary/aromatic N) is 2. The van der Waals surface area contributed by atoms with Gasteiger partial charge in [0, 0.05) is 18.3 Å². The Morgan fingerprint density at radius 2 is 1.77 bits per heavy atom. The van der Waals surface area contributed by atoms with E-state index >= 15 is 0 Å². The van der Waals surface area contributed by atoms with Crippen molar-refractivity contribution in [3.05, 3.63) is 48.7 Å². The maximum atomic E-state index is 5.84. The molecule has 3 rings (SSSR count). The van der Waals surface area contributed by atoms with Gasteiger partial charge in [0.15, 0.2) is 0 Å². The topological polar surface area (TPSA) is 25.4 Å².